The largest absolute Gasteiger partial charge is 0.368 e. The van der Waals surface area contributed by atoms with Gasteiger partial charge >= 0.3 is 0 Å². The van der Waals surface area contributed by atoms with E-state index in [1.54, 1.807) is 0 Å². The van der Waals surface area contributed by atoms with Crippen molar-refractivity contribution in [1.29, 1.82) is 5.26 Å². The number of fused-ring (bicyclic) bond motifs is 1. The van der Waals surface area contributed by atoms with Crippen LogP contribution in [0.3, 0.4) is 0 Å². The molecule has 0 fully saturated rings. The lowest BCUT2D eigenvalue weighted by molar-refractivity contribution is -0.118. The topological polar surface area (TPSA) is 79.8 Å². The number of carbonyl (C=O) groups is 1. The third-order valence-electron chi connectivity index (χ3n) is 2.03. The Balaban J connectivity index is 2.55. The molecule has 1 atom stereocenters. The summed E-state index contributed by atoms with van der Waals surface area (Å²) in [6.45, 7) is 0. The summed E-state index contributed by atoms with van der Waals surface area (Å²) in [5.74, 6) is -1.63. The van der Waals surface area contributed by atoms with Gasteiger partial charge in [-0.05, 0) is 18.2 Å². The van der Waals surface area contributed by atoms with Gasteiger partial charge in [-0.15, -0.1) is 11.3 Å². The zero-order valence-electron chi connectivity index (χ0n) is 7.98. The lowest BCUT2D eigenvalue weighted by Crippen LogP contribution is -2.19. The van der Waals surface area contributed by atoms with Crippen molar-refractivity contribution in [2.75, 3.05) is 0 Å². The average Bonchev–Trinajstić information content (AvgIpc) is 2.60. The molecule has 2 N–H and O–H groups in total. The van der Waals surface area contributed by atoms with Gasteiger partial charge < -0.3 is 5.73 Å². The lowest BCUT2D eigenvalue weighted by Gasteiger charge is -1.97. The summed E-state index contributed by atoms with van der Waals surface area (Å²) in [7, 11) is 0. The minimum atomic E-state index is -0.962. The molecule has 80 valence electrons. The summed E-state index contributed by atoms with van der Waals surface area (Å²) >= 11 is 4.65. The number of halogens is 1. The van der Waals surface area contributed by atoms with Crippen molar-refractivity contribution in [2.45, 2.75) is 5.92 Å². The van der Waals surface area contributed by atoms with Crippen LogP contribution in [0.15, 0.2) is 22.7 Å². The predicted molar refractivity (Wildman–Crippen MR) is 64.9 cm³/mol. The molecule has 1 heterocycles. The number of rotatable bonds is 2. The van der Waals surface area contributed by atoms with Crippen LogP contribution in [-0.2, 0) is 4.79 Å². The molecule has 0 aliphatic rings. The highest BCUT2D eigenvalue weighted by Gasteiger charge is 2.21. The van der Waals surface area contributed by atoms with Gasteiger partial charge in [-0.1, -0.05) is 15.9 Å². The van der Waals surface area contributed by atoms with Gasteiger partial charge in [-0.3, -0.25) is 4.79 Å². The fourth-order valence-corrected chi connectivity index (χ4v) is 2.85. The third-order valence-corrected chi connectivity index (χ3v) is 3.60. The van der Waals surface area contributed by atoms with Crippen LogP contribution in [0.5, 0.6) is 0 Å². The molecule has 0 bridgehead atoms. The number of hydrogen-bond donors (Lipinski definition) is 1. The van der Waals surface area contributed by atoms with Crippen LogP contribution in [0.4, 0.5) is 0 Å². The van der Waals surface area contributed by atoms with E-state index in [0.29, 0.717) is 5.01 Å². The minimum absolute atomic E-state index is 0.447. The maximum absolute atomic E-state index is 11.0. The fourth-order valence-electron chi connectivity index (χ4n) is 1.28. The molecule has 0 radical (unpaired) electrons. The molecule has 6 heteroatoms. The molecular weight excluding hydrogens is 290 g/mol. The van der Waals surface area contributed by atoms with Crippen LogP contribution in [0.1, 0.15) is 10.9 Å². The Morgan fingerprint density at radius 3 is 3.00 bits per heavy atom. The van der Waals surface area contributed by atoms with Gasteiger partial charge in [-0.2, -0.15) is 5.26 Å². The van der Waals surface area contributed by atoms with Crippen molar-refractivity contribution in [3.63, 3.8) is 0 Å². The number of amides is 1. The normalized spacial score (nSPS) is 12.2. The van der Waals surface area contributed by atoms with Crippen molar-refractivity contribution in [3.05, 3.63) is 27.7 Å². The van der Waals surface area contributed by atoms with Crippen LogP contribution in [0, 0.1) is 11.3 Å². The van der Waals surface area contributed by atoms with Crippen molar-refractivity contribution in [3.8, 4) is 6.07 Å². The molecule has 2 rings (SSSR count). The van der Waals surface area contributed by atoms with Crippen LogP contribution in [-0.4, -0.2) is 10.9 Å². The molecule has 0 spiro atoms. The fraction of sp³-hybridized carbons (Fsp3) is 0.100. The number of thiazole rings is 1. The van der Waals surface area contributed by atoms with Gasteiger partial charge in [0.05, 0.1) is 16.3 Å². The summed E-state index contributed by atoms with van der Waals surface area (Å²) in [5.41, 5.74) is 5.90. The minimum Gasteiger partial charge on any atom is -0.368 e. The van der Waals surface area contributed by atoms with Crippen LogP contribution in [0.25, 0.3) is 10.2 Å². The van der Waals surface area contributed by atoms with Gasteiger partial charge in [0.25, 0.3) is 0 Å². The molecular formula is C10H6BrN3OS. The van der Waals surface area contributed by atoms with Gasteiger partial charge in [0.1, 0.15) is 5.01 Å². The predicted octanol–water partition coefficient (Wildman–Crippen LogP) is 2.15. The Morgan fingerprint density at radius 1 is 1.62 bits per heavy atom. The highest BCUT2D eigenvalue weighted by atomic mass is 79.9. The molecule has 0 aliphatic heterocycles. The Labute approximate surface area is 104 Å². The number of nitriles is 1. The second-order valence-corrected chi connectivity index (χ2v) is 5.11. The number of nitrogens with two attached hydrogens (primary N) is 1. The van der Waals surface area contributed by atoms with E-state index >= 15 is 0 Å². The molecule has 1 unspecified atom stereocenters. The number of benzene rings is 1. The smallest absolute Gasteiger partial charge is 0.241 e. The molecule has 1 aromatic carbocycles. The summed E-state index contributed by atoms with van der Waals surface area (Å²) in [5, 5.41) is 9.28. The van der Waals surface area contributed by atoms with Crippen LogP contribution in [0.2, 0.25) is 0 Å². The Hall–Kier alpha value is -1.45. The van der Waals surface area contributed by atoms with Crippen molar-refractivity contribution >= 4 is 43.4 Å². The molecule has 4 nitrogen and oxygen atoms in total. The number of hydrogen-bond acceptors (Lipinski definition) is 4. The van der Waals surface area contributed by atoms with Gasteiger partial charge in [0, 0.05) is 4.47 Å². The van der Waals surface area contributed by atoms with Crippen LogP contribution < -0.4 is 5.73 Å². The van der Waals surface area contributed by atoms with Crippen molar-refractivity contribution in [2.24, 2.45) is 5.73 Å². The van der Waals surface area contributed by atoms with E-state index in [4.69, 9.17) is 11.0 Å². The van der Waals surface area contributed by atoms with Gasteiger partial charge in [0.2, 0.25) is 5.91 Å². The van der Waals surface area contributed by atoms with E-state index in [1.807, 2.05) is 24.3 Å². The lowest BCUT2D eigenvalue weighted by atomic mass is 10.2. The van der Waals surface area contributed by atoms with Crippen LogP contribution >= 0.6 is 27.3 Å². The number of carbonyl (C=O) groups excluding carboxylic acids is 1. The standard InChI is InChI=1S/C10H6BrN3OS/c11-5-1-2-7-8(3-5)16-10(14-7)6(4-12)9(13)15/h1-3,6H,(H2,13,15). The maximum atomic E-state index is 11.0. The molecule has 0 aliphatic carbocycles. The van der Waals surface area contributed by atoms with E-state index in [1.165, 1.54) is 11.3 Å². The number of nitrogens with zero attached hydrogens (tertiary/aromatic N) is 2. The highest BCUT2D eigenvalue weighted by molar-refractivity contribution is 9.10. The Morgan fingerprint density at radius 2 is 2.38 bits per heavy atom. The first-order valence-corrected chi connectivity index (χ1v) is 5.97. The second kappa shape index (κ2) is 4.20. The van der Waals surface area contributed by atoms with E-state index in [2.05, 4.69) is 20.9 Å². The van der Waals surface area contributed by atoms with Crippen molar-refractivity contribution < 1.29 is 4.79 Å². The molecule has 0 saturated carbocycles. The molecule has 1 aromatic heterocycles. The Kier molecular flexibility index (Phi) is 2.90. The first kappa shape index (κ1) is 11.0. The third kappa shape index (κ3) is 1.92. The Bertz CT molecular complexity index is 602. The summed E-state index contributed by atoms with van der Waals surface area (Å²) in [6.07, 6.45) is 0. The first-order valence-electron chi connectivity index (χ1n) is 4.36. The number of primary amides is 1. The SMILES string of the molecule is N#CC(C(N)=O)c1nc2ccc(Br)cc2s1. The zero-order valence-corrected chi connectivity index (χ0v) is 10.4. The van der Waals surface area contributed by atoms with E-state index in [0.717, 1.165) is 14.7 Å². The molecule has 16 heavy (non-hydrogen) atoms. The summed E-state index contributed by atoms with van der Waals surface area (Å²) < 4.78 is 1.86. The number of aromatic nitrogens is 1. The zero-order chi connectivity index (χ0) is 11.7. The van der Waals surface area contributed by atoms with E-state index in [9.17, 15) is 4.79 Å². The summed E-state index contributed by atoms with van der Waals surface area (Å²) in [6, 6.07) is 7.44. The average molecular weight is 296 g/mol. The first-order chi connectivity index (χ1) is 7.61. The van der Waals surface area contributed by atoms with E-state index in [-0.39, 0.29) is 0 Å². The molecule has 0 saturated heterocycles. The maximum Gasteiger partial charge on any atom is 0.241 e. The molecule has 2 aromatic rings. The van der Waals surface area contributed by atoms with E-state index < -0.39 is 11.8 Å². The molecule has 1 amide bonds. The van der Waals surface area contributed by atoms with Gasteiger partial charge in [-0.25, -0.2) is 4.98 Å². The van der Waals surface area contributed by atoms with Crippen molar-refractivity contribution in [1.82, 2.24) is 4.98 Å². The second-order valence-electron chi connectivity index (χ2n) is 3.13. The summed E-state index contributed by atoms with van der Waals surface area (Å²) in [4.78, 5) is 15.3. The van der Waals surface area contributed by atoms with Gasteiger partial charge in [0.15, 0.2) is 5.92 Å². The highest BCUT2D eigenvalue weighted by Crippen LogP contribution is 2.29. The monoisotopic (exact) mass is 295 g/mol. The quantitative estimate of drug-likeness (QED) is 0.922.